The van der Waals surface area contributed by atoms with Crippen molar-refractivity contribution in [3.8, 4) is 0 Å². The molecule has 1 N–H and O–H groups in total. The maximum Gasteiger partial charge on any atom is 0.225 e. The van der Waals surface area contributed by atoms with Gasteiger partial charge in [0.25, 0.3) is 0 Å². The number of aromatic nitrogens is 3. The molecule has 0 amide bonds. The minimum absolute atomic E-state index is 0.344. The lowest BCUT2D eigenvalue weighted by atomic mass is 10.2. The summed E-state index contributed by atoms with van der Waals surface area (Å²) in [5, 5.41) is 7.34. The molecule has 0 bridgehead atoms. The standard InChI is InChI=1S/C13H26N4S/c1-5-7-9-16(10-8-6-2)12-14-15-13(18)17(12)11(3)4/h11H,5-10H2,1-4H3,(H,15,18). The normalized spacial score (nSPS) is 11.2. The van der Waals surface area contributed by atoms with Gasteiger partial charge in [0.15, 0.2) is 4.77 Å². The van der Waals surface area contributed by atoms with E-state index in [1.807, 2.05) is 0 Å². The van der Waals surface area contributed by atoms with E-state index in [-0.39, 0.29) is 0 Å². The average molecular weight is 270 g/mol. The highest BCUT2D eigenvalue weighted by molar-refractivity contribution is 7.71. The third-order valence-electron chi connectivity index (χ3n) is 3.05. The topological polar surface area (TPSA) is 36.9 Å². The van der Waals surface area contributed by atoms with Crippen LogP contribution in [0.2, 0.25) is 0 Å². The molecule has 1 aromatic heterocycles. The quantitative estimate of drug-likeness (QED) is 0.727. The molecule has 0 saturated heterocycles. The molecule has 1 heterocycles. The zero-order valence-corrected chi connectivity index (χ0v) is 12.9. The molecular weight excluding hydrogens is 244 g/mol. The first kappa shape index (κ1) is 15.2. The Morgan fingerprint density at radius 2 is 1.78 bits per heavy atom. The Morgan fingerprint density at radius 1 is 1.22 bits per heavy atom. The van der Waals surface area contributed by atoms with Crippen LogP contribution < -0.4 is 4.90 Å². The minimum Gasteiger partial charge on any atom is -0.341 e. The second-order valence-electron chi connectivity index (χ2n) is 4.99. The summed E-state index contributed by atoms with van der Waals surface area (Å²) in [7, 11) is 0. The van der Waals surface area contributed by atoms with Gasteiger partial charge in [-0.15, -0.1) is 5.10 Å². The first-order chi connectivity index (χ1) is 8.61. The summed E-state index contributed by atoms with van der Waals surface area (Å²) in [6.07, 6.45) is 4.80. The number of unbranched alkanes of at least 4 members (excludes halogenated alkanes) is 2. The van der Waals surface area contributed by atoms with Crippen LogP contribution in [-0.2, 0) is 0 Å². The predicted molar refractivity (Wildman–Crippen MR) is 79.8 cm³/mol. The minimum atomic E-state index is 0.344. The van der Waals surface area contributed by atoms with Crippen LogP contribution in [0, 0.1) is 4.77 Å². The third-order valence-corrected chi connectivity index (χ3v) is 3.34. The summed E-state index contributed by atoms with van der Waals surface area (Å²) < 4.78 is 2.83. The number of hydrogen-bond acceptors (Lipinski definition) is 3. The number of rotatable bonds is 8. The van der Waals surface area contributed by atoms with Gasteiger partial charge in [0.05, 0.1) is 0 Å². The Morgan fingerprint density at radius 3 is 2.22 bits per heavy atom. The fourth-order valence-corrected chi connectivity index (χ4v) is 2.33. The number of aromatic amines is 1. The van der Waals surface area contributed by atoms with Crippen LogP contribution in [0.15, 0.2) is 0 Å². The van der Waals surface area contributed by atoms with Crippen molar-refractivity contribution in [3.05, 3.63) is 4.77 Å². The Balaban J connectivity index is 2.92. The van der Waals surface area contributed by atoms with Gasteiger partial charge in [-0.1, -0.05) is 26.7 Å². The molecule has 18 heavy (non-hydrogen) atoms. The van der Waals surface area contributed by atoms with Crippen LogP contribution in [0.3, 0.4) is 0 Å². The van der Waals surface area contributed by atoms with Gasteiger partial charge in [-0.3, -0.25) is 4.57 Å². The Labute approximate surface area is 115 Å². The van der Waals surface area contributed by atoms with E-state index >= 15 is 0 Å². The molecule has 0 fully saturated rings. The van der Waals surface area contributed by atoms with Crippen LogP contribution in [0.4, 0.5) is 5.95 Å². The molecule has 1 rings (SSSR count). The van der Waals surface area contributed by atoms with Crippen molar-refractivity contribution < 1.29 is 0 Å². The van der Waals surface area contributed by atoms with Gasteiger partial charge in [-0.25, -0.2) is 5.10 Å². The summed E-state index contributed by atoms with van der Waals surface area (Å²) >= 11 is 5.31. The van der Waals surface area contributed by atoms with Gasteiger partial charge in [-0.2, -0.15) is 0 Å². The van der Waals surface area contributed by atoms with E-state index < -0.39 is 0 Å². The molecular formula is C13H26N4S. The maximum atomic E-state index is 5.31. The lowest BCUT2D eigenvalue weighted by molar-refractivity contribution is 0.566. The molecule has 0 aromatic carbocycles. The zero-order valence-electron chi connectivity index (χ0n) is 12.1. The first-order valence-electron chi connectivity index (χ1n) is 7.03. The molecule has 104 valence electrons. The van der Waals surface area contributed by atoms with Crippen molar-refractivity contribution >= 4 is 18.2 Å². The van der Waals surface area contributed by atoms with Crippen molar-refractivity contribution in [1.82, 2.24) is 14.8 Å². The van der Waals surface area contributed by atoms with Crippen LogP contribution in [0.1, 0.15) is 59.4 Å². The van der Waals surface area contributed by atoms with Crippen LogP contribution in [-0.4, -0.2) is 27.9 Å². The fraction of sp³-hybridized carbons (Fsp3) is 0.846. The Kier molecular flexibility index (Phi) is 6.39. The lowest BCUT2D eigenvalue weighted by Gasteiger charge is -2.24. The van der Waals surface area contributed by atoms with E-state index in [1.54, 1.807) is 0 Å². The molecule has 0 aliphatic carbocycles. The zero-order chi connectivity index (χ0) is 13.5. The molecule has 0 atom stereocenters. The SMILES string of the molecule is CCCCN(CCCC)c1n[nH]c(=S)n1C(C)C. The number of anilines is 1. The average Bonchev–Trinajstić information content (AvgIpc) is 2.71. The highest BCUT2D eigenvalue weighted by Crippen LogP contribution is 2.18. The molecule has 4 nitrogen and oxygen atoms in total. The van der Waals surface area contributed by atoms with Gasteiger partial charge in [0.2, 0.25) is 5.95 Å². The van der Waals surface area contributed by atoms with Gasteiger partial charge < -0.3 is 4.90 Å². The van der Waals surface area contributed by atoms with E-state index in [2.05, 4.69) is 47.4 Å². The van der Waals surface area contributed by atoms with Crippen LogP contribution in [0.25, 0.3) is 0 Å². The molecule has 0 spiro atoms. The van der Waals surface area contributed by atoms with Crippen molar-refractivity contribution in [2.45, 2.75) is 59.4 Å². The van der Waals surface area contributed by atoms with Gasteiger partial charge in [0, 0.05) is 19.1 Å². The van der Waals surface area contributed by atoms with Crippen molar-refractivity contribution in [2.75, 3.05) is 18.0 Å². The molecule has 0 unspecified atom stereocenters. The smallest absolute Gasteiger partial charge is 0.225 e. The highest BCUT2D eigenvalue weighted by Gasteiger charge is 2.15. The summed E-state index contributed by atoms with van der Waals surface area (Å²) in [4.78, 5) is 2.36. The summed E-state index contributed by atoms with van der Waals surface area (Å²) in [5.41, 5.74) is 0. The number of H-pyrrole nitrogens is 1. The second-order valence-corrected chi connectivity index (χ2v) is 5.37. The molecule has 0 radical (unpaired) electrons. The summed E-state index contributed by atoms with van der Waals surface area (Å²) in [6.45, 7) is 10.8. The highest BCUT2D eigenvalue weighted by atomic mass is 32.1. The number of hydrogen-bond donors (Lipinski definition) is 1. The monoisotopic (exact) mass is 270 g/mol. The molecule has 1 aromatic rings. The van der Waals surface area contributed by atoms with Crippen LogP contribution >= 0.6 is 12.2 Å². The van der Waals surface area contributed by atoms with Crippen molar-refractivity contribution in [1.29, 1.82) is 0 Å². The van der Waals surface area contributed by atoms with E-state index in [1.165, 1.54) is 25.7 Å². The van der Waals surface area contributed by atoms with Gasteiger partial charge in [-0.05, 0) is 38.9 Å². The predicted octanol–water partition coefficient (Wildman–Crippen LogP) is 3.93. The lowest BCUT2D eigenvalue weighted by Crippen LogP contribution is -2.29. The molecule has 0 aliphatic heterocycles. The van der Waals surface area contributed by atoms with E-state index in [0.717, 1.165) is 23.8 Å². The van der Waals surface area contributed by atoms with Crippen LogP contribution in [0.5, 0.6) is 0 Å². The maximum absolute atomic E-state index is 5.31. The summed E-state index contributed by atoms with van der Waals surface area (Å²) in [6, 6.07) is 0.344. The first-order valence-corrected chi connectivity index (χ1v) is 7.44. The second kappa shape index (κ2) is 7.56. The van der Waals surface area contributed by atoms with Crippen molar-refractivity contribution in [3.63, 3.8) is 0 Å². The molecule has 0 aliphatic rings. The van der Waals surface area contributed by atoms with Gasteiger partial charge >= 0.3 is 0 Å². The largest absolute Gasteiger partial charge is 0.341 e. The van der Waals surface area contributed by atoms with E-state index in [9.17, 15) is 0 Å². The van der Waals surface area contributed by atoms with Gasteiger partial charge in [0.1, 0.15) is 0 Å². The Hall–Kier alpha value is -0.840. The molecule has 5 heteroatoms. The van der Waals surface area contributed by atoms with E-state index in [4.69, 9.17) is 12.2 Å². The third kappa shape index (κ3) is 3.83. The summed E-state index contributed by atoms with van der Waals surface area (Å²) in [5.74, 6) is 0.997. The van der Waals surface area contributed by atoms with E-state index in [0.29, 0.717) is 6.04 Å². The number of nitrogens with zero attached hydrogens (tertiary/aromatic N) is 3. The number of nitrogens with one attached hydrogen (secondary N) is 1. The molecule has 0 saturated carbocycles. The Bertz CT molecular complexity index is 386. The fourth-order valence-electron chi connectivity index (χ4n) is 1.99. The van der Waals surface area contributed by atoms with Crippen molar-refractivity contribution in [2.24, 2.45) is 0 Å².